The van der Waals surface area contributed by atoms with Crippen LogP contribution in [0, 0.1) is 6.92 Å². The molecule has 0 aliphatic rings. The van der Waals surface area contributed by atoms with Crippen molar-refractivity contribution in [3.8, 4) is 0 Å². The van der Waals surface area contributed by atoms with Crippen molar-refractivity contribution < 1.29 is 15.0 Å². The molecular formula is C11H17NO3. The van der Waals surface area contributed by atoms with Gasteiger partial charge in [0.1, 0.15) is 0 Å². The van der Waals surface area contributed by atoms with Crippen molar-refractivity contribution in [2.24, 2.45) is 0 Å². The van der Waals surface area contributed by atoms with Crippen LogP contribution in [0.5, 0.6) is 0 Å². The van der Waals surface area contributed by atoms with E-state index in [0.717, 1.165) is 11.3 Å². The van der Waals surface area contributed by atoms with Gasteiger partial charge in [-0.1, -0.05) is 0 Å². The molecule has 0 fully saturated rings. The highest BCUT2D eigenvalue weighted by molar-refractivity contribution is 5.89. The molecule has 0 aliphatic carbocycles. The van der Waals surface area contributed by atoms with E-state index in [2.05, 4.69) is 5.32 Å². The lowest BCUT2D eigenvalue weighted by Crippen LogP contribution is -1.98. The van der Waals surface area contributed by atoms with E-state index >= 15 is 0 Å². The smallest absolute Gasteiger partial charge is 0.335 e. The Bertz CT molecular complexity index is 324. The highest BCUT2D eigenvalue weighted by atomic mass is 16.4. The first kappa shape index (κ1) is 13.4. The highest BCUT2D eigenvalue weighted by Gasteiger charge is 2.03. The summed E-state index contributed by atoms with van der Waals surface area (Å²) in [6, 6.07) is 5.14. The predicted octanol–water partition coefficient (Wildman–Crippen LogP) is 1.73. The van der Waals surface area contributed by atoms with E-state index < -0.39 is 5.97 Å². The van der Waals surface area contributed by atoms with Crippen LogP contribution in [0.1, 0.15) is 22.8 Å². The van der Waals surface area contributed by atoms with Crippen molar-refractivity contribution in [2.75, 3.05) is 19.0 Å². The molecule has 0 heterocycles. The van der Waals surface area contributed by atoms with Crippen molar-refractivity contribution in [1.82, 2.24) is 0 Å². The van der Waals surface area contributed by atoms with Gasteiger partial charge in [0, 0.05) is 19.3 Å². The molecule has 0 amide bonds. The molecule has 4 heteroatoms. The number of carboxylic acid groups (broad SMARTS) is 1. The van der Waals surface area contributed by atoms with Gasteiger partial charge in [0.2, 0.25) is 0 Å². The first-order valence-corrected chi connectivity index (χ1v) is 4.68. The van der Waals surface area contributed by atoms with Crippen LogP contribution in [-0.4, -0.2) is 29.8 Å². The number of nitrogens with one attached hydrogen (secondary N) is 1. The topological polar surface area (TPSA) is 69.6 Å². The molecule has 4 nitrogen and oxygen atoms in total. The molecule has 0 saturated heterocycles. The summed E-state index contributed by atoms with van der Waals surface area (Å²) in [5.74, 6) is -0.893. The third-order valence-electron chi connectivity index (χ3n) is 1.61. The van der Waals surface area contributed by atoms with E-state index in [1.165, 1.54) is 0 Å². The van der Waals surface area contributed by atoms with E-state index in [1.54, 1.807) is 26.1 Å². The largest absolute Gasteiger partial charge is 0.478 e. The third kappa shape index (κ3) is 5.02. The molecule has 0 atom stereocenters. The number of rotatable bonds is 2. The van der Waals surface area contributed by atoms with Gasteiger partial charge < -0.3 is 15.5 Å². The molecule has 0 aromatic heterocycles. The number of anilines is 1. The summed E-state index contributed by atoms with van der Waals surface area (Å²) in [6.07, 6.45) is 0. The Hall–Kier alpha value is -1.55. The van der Waals surface area contributed by atoms with Gasteiger partial charge >= 0.3 is 5.97 Å². The molecule has 0 bridgehead atoms. The summed E-state index contributed by atoms with van der Waals surface area (Å²) < 4.78 is 0. The maximum atomic E-state index is 10.6. The predicted molar refractivity (Wildman–Crippen MR) is 60.4 cm³/mol. The third-order valence-corrected chi connectivity index (χ3v) is 1.61. The number of aliphatic hydroxyl groups is 1. The Morgan fingerprint density at radius 3 is 2.33 bits per heavy atom. The van der Waals surface area contributed by atoms with Gasteiger partial charge in [-0.05, 0) is 37.6 Å². The summed E-state index contributed by atoms with van der Waals surface area (Å²) in [4.78, 5) is 10.6. The zero-order valence-electron chi connectivity index (χ0n) is 9.24. The van der Waals surface area contributed by atoms with Crippen LogP contribution >= 0.6 is 0 Å². The molecule has 0 aliphatic heterocycles. The quantitative estimate of drug-likeness (QED) is 0.696. The van der Waals surface area contributed by atoms with Gasteiger partial charge in [-0.2, -0.15) is 0 Å². The second kappa shape index (κ2) is 6.84. The van der Waals surface area contributed by atoms with Crippen molar-refractivity contribution in [3.05, 3.63) is 29.3 Å². The standard InChI is InChI=1S/C9H11NO2.C2H6O/c1-6-3-7(9(11)12)5-8(4-6)10-2;1-2-3/h3-5,10H,1-2H3,(H,11,12);3H,2H2,1H3. The van der Waals surface area contributed by atoms with E-state index in [1.807, 2.05) is 13.0 Å². The SMILES string of the molecule is CCO.CNc1cc(C)cc(C(=O)O)c1. The van der Waals surface area contributed by atoms with E-state index in [4.69, 9.17) is 10.2 Å². The average Bonchev–Trinajstić information content (AvgIpc) is 2.18. The second-order valence-electron chi connectivity index (χ2n) is 2.96. The summed E-state index contributed by atoms with van der Waals surface area (Å²) in [7, 11) is 1.76. The van der Waals surface area contributed by atoms with Crippen molar-refractivity contribution in [1.29, 1.82) is 0 Å². The molecule has 0 spiro atoms. The van der Waals surface area contributed by atoms with Crippen LogP contribution in [0.2, 0.25) is 0 Å². The minimum atomic E-state index is -0.893. The molecule has 15 heavy (non-hydrogen) atoms. The van der Waals surface area contributed by atoms with Crippen molar-refractivity contribution in [3.63, 3.8) is 0 Å². The Morgan fingerprint density at radius 2 is 1.93 bits per heavy atom. The lowest BCUT2D eigenvalue weighted by atomic mass is 10.1. The summed E-state index contributed by atoms with van der Waals surface area (Å²) in [5.41, 5.74) is 2.09. The molecule has 0 radical (unpaired) electrons. The van der Waals surface area contributed by atoms with Gasteiger partial charge in [0.25, 0.3) is 0 Å². The van der Waals surface area contributed by atoms with Crippen LogP contribution in [-0.2, 0) is 0 Å². The summed E-state index contributed by atoms with van der Waals surface area (Å²) in [5, 5.41) is 19.2. The Balaban J connectivity index is 0.000000583. The Kier molecular flexibility index (Phi) is 6.13. The minimum absolute atomic E-state index is 0.250. The van der Waals surface area contributed by atoms with Crippen LogP contribution < -0.4 is 5.32 Å². The molecule has 0 unspecified atom stereocenters. The van der Waals surface area contributed by atoms with Crippen molar-refractivity contribution in [2.45, 2.75) is 13.8 Å². The molecule has 0 saturated carbocycles. The zero-order valence-corrected chi connectivity index (χ0v) is 9.24. The van der Waals surface area contributed by atoms with E-state index in [-0.39, 0.29) is 6.61 Å². The molecule has 1 rings (SSSR count). The zero-order chi connectivity index (χ0) is 11.8. The van der Waals surface area contributed by atoms with Gasteiger partial charge in [0.15, 0.2) is 0 Å². The number of aryl methyl sites for hydroxylation is 1. The Morgan fingerprint density at radius 1 is 1.40 bits per heavy atom. The molecule has 3 N–H and O–H groups in total. The van der Waals surface area contributed by atoms with E-state index in [0.29, 0.717) is 5.56 Å². The maximum absolute atomic E-state index is 10.6. The molecule has 1 aromatic carbocycles. The van der Waals surface area contributed by atoms with Crippen molar-refractivity contribution >= 4 is 11.7 Å². The lowest BCUT2D eigenvalue weighted by Gasteiger charge is -2.03. The van der Waals surface area contributed by atoms with Crippen LogP contribution in [0.25, 0.3) is 0 Å². The normalized spacial score (nSPS) is 8.80. The fourth-order valence-corrected chi connectivity index (χ4v) is 1.05. The highest BCUT2D eigenvalue weighted by Crippen LogP contribution is 2.13. The number of hydrogen-bond donors (Lipinski definition) is 3. The van der Waals surface area contributed by atoms with Crippen LogP contribution in [0.3, 0.4) is 0 Å². The van der Waals surface area contributed by atoms with Gasteiger partial charge in [0.05, 0.1) is 5.56 Å². The number of benzene rings is 1. The fraction of sp³-hybridized carbons (Fsp3) is 0.364. The molecule has 84 valence electrons. The first-order chi connectivity index (χ1) is 7.04. The first-order valence-electron chi connectivity index (χ1n) is 4.68. The number of aromatic carboxylic acids is 1. The monoisotopic (exact) mass is 211 g/mol. The number of aliphatic hydroxyl groups excluding tert-OH is 1. The number of carbonyl (C=O) groups is 1. The van der Waals surface area contributed by atoms with Gasteiger partial charge in [-0.15, -0.1) is 0 Å². The number of carboxylic acids is 1. The number of hydrogen-bond acceptors (Lipinski definition) is 3. The lowest BCUT2D eigenvalue weighted by molar-refractivity contribution is 0.0697. The van der Waals surface area contributed by atoms with Crippen LogP contribution in [0.15, 0.2) is 18.2 Å². The summed E-state index contributed by atoms with van der Waals surface area (Å²) >= 11 is 0. The molecular weight excluding hydrogens is 194 g/mol. The second-order valence-corrected chi connectivity index (χ2v) is 2.96. The molecule has 1 aromatic rings. The van der Waals surface area contributed by atoms with E-state index in [9.17, 15) is 4.79 Å². The van der Waals surface area contributed by atoms with Crippen LogP contribution in [0.4, 0.5) is 5.69 Å². The van der Waals surface area contributed by atoms with Gasteiger partial charge in [-0.25, -0.2) is 4.79 Å². The maximum Gasteiger partial charge on any atom is 0.335 e. The summed E-state index contributed by atoms with van der Waals surface area (Å²) in [6.45, 7) is 3.80. The van der Waals surface area contributed by atoms with Gasteiger partial charge in [-0.3, -0.25) is 0 Å². The Labute approximate surface area is 89.6 Å². The fourth-order valence-electron chi connectivity index (χ4n) is 1.05. The minimum Gasteiger partial charge on any atom is -0.478 e. The average molecular weight is 211 g/mol.